The highest BCUT2D eigenvalue weighted by molar-refractivity contribution is 6.52. The average molecular weight is 246 g/mol. The van der Waals surface area contributed by atoms with Gasteiger partial charge in [0.15, 0.2) is 0 Å². The van der Waals surface area contributed by atoms with Crippen LogP contribution < -0.4 is 4.90 Å². The van der Waals surface area contributed by atoms with E-state index in [0.29, 0.717) is 12.1 Å². The molecule has 0 fully saturated rings. The second-order valence-electron chi connectivity index (χ2n) is 4.91. The van der Waals surface area contributed by atoms with Gasteiger partial charge in [-0.3, -0.25) is 9.59 Å². The highest BCUT2D eigenvalue weighted by Gasteiger charge is 2.36. The smallest absolute Gasteiger partial charge is 0.299 e. The van der Waals surface area contributed by atoms with Gasteiger partial charge in [0.1, 0.15) is 0 Å². The van der Waals surface area contributed by atoms with Gasteiger partial charge in [-0.15, -0.1) is 0 Å². The van der Waals surface area contributed by atoms with Crippen LogP contribution in [0.4, 0.5) is 5.69 Å². The zero-order chi connectivity index (χ0) is 13.3. The fourth-order valence-corrected chi connectivity index (χ4v) is 2.30. The zero-order valence-electron chi connectivity index (χ0n) is 11.1. The summed E-state index contributed by atoms with van der Waals surface area (Å²) in [4.78, 5) is 27.5. The van der Waals surface area contributed by atoms with Crippen molar-refractivity contribution in [2.24, 2.45) is 0 Å². The molecule has 2 rings (SSSR count). The van der Waals surface area contributed by atoms with E-state index in [9.17, 15) is 9.59 Å². The summed E-state index contributed by atoms with van der Waals surface area (Å²) < 4.78 is 0. The molecular formula is C14H18N2O2. The number of anilines is 1. The summed E-state index contributed by atoms with van der Waals surface area (Å²) in [6, 6.07) is 5.49. The van der Waals surface area contributed by atoms with E-state index in [0.717, 1.165) is 24.2 Å². The average Bonchev–Trinajstić information content (AvgIpc) is 2.55. The number of carbonyl (C=O) groups excluding carboxylic acids is 2. The second kappa shape index (κ2) is 4.90. The van der Waals surface area contributed by atoms with E-state index >= 15 is 0 Å². The van der Waals surface area contributed by atoms with Crippen molar-refractivity contribution in [3.05, 3.63) is 29.3 Å². The molecule has 96 valence electrons. The summed E-state index contributed by atoms with van der Waals surface area (Å²) in [5.41, 5.74) is 2.33. The summed E-state index contributed by atoms with van der Waals surface area (Å²) in [7, 11) is 3.99. The van der Waals surface area contributed by atoms with Crippen LogP contribution in [0.15, 0.2) is 18.2 Å². The molecule has 0 bridgehead atoms. The molecule has 1 amide bonds. The molecule has 1 aliphatic heterocycles. The standard InChI is InChI=1S/C14H18N2O2/c1-10-6-4-7-11-12(10)16(14(18)13(11)17)9-5-8-15(2)3/h4,6-7H,5,8-9H2,1-3H3. The third-order valence-electron chi connectivity index (χ3n) is 3.18. The SMILES string of the molecule is Cc1cccc2c1N(CCCN(C)C)C(=O)C2=O. The lowest BCUT2D eigenvalue weighted by atomic mass is 10.1. The Morgan fingerprint density at radius 1 is 1.22 bits per heavy atom. The Hall–Kier alpha value is -1.68. The van der Waals surface area contributed by atoms with Gasteiger partial charge in [-0.2, -0.15) is 0 Å². The van der Waals surface area contributed by atoms with Gasteiger partial charge < -0.3 is 9.80 Å². The number of rotatable bonds is 4. The number of aryl methyl sites for hydroxylation is 1. The quantitative estimate of drug-likeness (QED) is 0.755. The molecule has 0 unspecified atom stereocenters. The van der Waals surface area contributed by atoms with Crippen LogP contribution in [0.3, 0.4) is 0 Å². The van der Waals surface area contributed by atoms with Crippen LogP contribution in [0.5, 0.6) is 0 Å². The number of benzene rings is 1. The number of Topliss-reactive ketones (excluding diaryl/α,β-unsaturated/α-hetero) is 1. The number of para-hydroxylation sites is 1. The van der Waals surface area contributed by atoms with Gasteiger partial charge in [-0.1, -0.05) is 12.1 Å². The van der Waals surface area contributed by atoms with Crippen molar-refractivity contribution in [3.63, 3.8) is 0 Å². The fourth-order valence-electron chi connectivity index (χ4n) is 2.30. The lowest BCUT2D eigenvalue weighted by Gasteiger charge is -2.19. The van der Waals surface area contributed by atoms with E-state index in [1.165, 1.54) is 0 Å². The largest absolute Gasteiger partial charge is 0.309 e. The first-order valence-electron chi connectivity index (χ1n) is 6.13. The number of fused-ring (bicyclic) bond motifs is 1. The van der Waals surface area contributed by atoms with Crippen molar-refractivity contribution in [2.45, 2.75) is 13.3 Å². The number of ketones is 1. The molecule has 0 aromatic heterocycles. The van der Waals surface area contributed by atoms with E-state index in [1.807, 2.05) is 33.2 Å². The van der Waals surface area contributed by atoms with Gasteiger partial charge >= 0.3 is 0 Å². The van der Waals surface area contributed by atoms with Crippen LogP contribution in [0, 0.1) is 6.92 Å². The molecule has 0 spiro atoms. The summed E-state index contributed by atoms with van der Waals surface area (Å²) in [6.45, 7) is 3.43. The lowest BCUT2D eigenvalue weighted by Crippen LogP contribution is -2.32. The van der Waals surface area contributed by atoms with Crippen molar-refractivity contribution in [2.75, 3.05) is 32.1 Å². The molecule has 1 heterocycles. The summed E-state index contributed by atoms with van der Waals surface area (Å²) in [5, 5.41) is 0. The highest BCUT2D eigenvalue weighted by Crippen LogP contribution is 2.32. The Bertz CT molecular complexity index is 495. The minimum Gasteiger partial charge on any atom is -0.309 e. The Labute approximate surface area is 107 Å². The Morgan fingerprint density at radius 2 is 1.94 bits per heavy atom. The molecule has 0 saturated heterocycles. The molecule has 4 nitrogen and oxygen atoms in total. The predicted octanol–water partition coefficient (Wildman–Crippen LogP) is 1.48. The summed E-state index contributed by atoms with van der Waals surface area (Å²) in [5.74, 6) is -0.767. The first-order chi connectivity index (χ1) is 8.52. The minimum absolute atomic E-state index is 0.376. The summed E-state index contributed by atoms with van der Waals surface area (Å²) >= 11 is 0. The first-order valence-corrected chi connectivity index (χ1v) is 6.13. The Morgan fingerprint density at radius 3 is 2.61 bits per heavy atom. The Balaban J connectivity index is 2.23. The van der Waals surface area contributed by atoms with Crippen LogP contribution in [-0.2, 0) is 4.79 Å². The third kappa shape index (κ3) is 2.16. The van der Waals surface area contributed by atoms with Crippen LogP contribution in [0.1, 0.15) is 22.3 Å². The van der Waals surface area contributed by atoms with Gasteiger partial charge in [0, 0.05) is 6.54 Å². The van der Waals surface area contributed by atoms with E-state index < -0.39 is 5.91 Å². The molecule has 0 atom stereocenters. The molecular weight excluding hydrogens is 228 g/mol. The van der Waals surface area contributed by atoms with Crippen LogP contribution >= 0.6 is 0 Å². The van der Waals surface area contributed by atoms with E-state index in [1.54, 1.807) is 11.0 Å². The molecule has 1 aromatic carbocycles. The van der Waals surface area contributed by atoms with Crippen molar-refractivity contribution in [1.29, 1.82) is 0 Å². The molecule has 0 radical (unpaired) electrons. The summed E-state index contributed by atoms with van der Waals surface area (Å²) in [6.07, 6.45) is 0.861. The normalized spacial score (nSPS) is 14.6. The van der Waals surface area contributed by atoms with Crippen LogP contribution in [0.25, 0.3) is 0 Å². The van der Waals surface area contributed by atoms with Crippen LogP contribution in [-0.4, -0.2) is 43.8 Å². The molecule has 0 saturated carbocycles. The minimum atomic E-state index is -0.391. The van der Waals surface area contributed by atoms with Gasteiger partial charge in [0.2, 0.25) is 0 Å². The maximum absolute atomic E-state index is 12.0. The first kappa shape index (κ1) is 12.8. The zero-order valence-corrected chi connectivity index (χ0v) is 11.1. The lowest BCUT2D eigenvalue weighted by molar-refractivity contribution is -0.114. The number of carbonyl (C=O) groups is 2. The van der Waals surface area contributed by atoms with Gasteiger partial charge in [-0.25, -0.2) is 0 Å². The predicted molar refractivity (Wildman–Crippen MR) is 71.0 cm³/mol. The van der Waals surface area contributed by atoms with Crippen molar-refractivity contribution in [1.82, 2.24) is 4.90 Å². The molecule has 0 N–H and O–H groups in total. The monoisotopic (exact) mass is 246 g/mol. The Kier molecular flexibility index (Phi) is 3.48. The molecule has 1 aromatic rings. The fraction of sp³-hybridized carbons (Fsp3) is 0.429. The maximum Gasteiger partial charge on any atom is 0.299 e. The number of amides is 1. The van der Waals surface area contributed by atoms with Gasteiger partial charge in [0.05, 0.1) is 11.3 Å². The van der Waals surface area contributed by atoms with Gasteiger partial charge in [0.25, 0.3) is 11.7 Å². The molecule has 18 heavy (non-hydrogen) atoms. The van der Waals surface area contributed by atoms with Gasteiger partial charge in [-0.05, 0) is 45.6 Å². The van der Waals surface area contributed by atoms with Crippen LogP contribution in [0.2, 0.25) is 0 Å². The number of hydrogen-bond donors (Lipinski definition) is 0. The molecule has 4 heteroatoms. The van der Waals surface area contributed by atoms with Crippen molar-refractivity contribution >= 4 is 17.4 Å². The van der Waals surface area contributed by atoms with Crippen molar-refractivity contribution in [3.8, 4) is 0 Å². The van der Waals surface area contributed by atoms with Crippen molar-refractivity contribution < 1.29 is 9.59 Å². The number of nitrogens with zero attached hydrogens (tertiary/aromatic N) is 2. The highest BCUT2D eigenvalue weighted by atomic mass is 16.2. The molecule has 0 aliphatic carbocycles. The second-order valence-corrected chi connectivity index (χ2v) is 4.91. The maximum atomic E-state index is 12.0. The number of hydrogen-bond acceptors (Lipinski definition) is 3. The third-order valence-corrected chi connectivity index (χ3v) is 3.18. The van der Waals surface area contributed by atoms with E-state index in [2.05, 4.69) is 4.90 Å². The topological polar surface area (TPSA) is 40.6 Å². The molecule has 1 aliphatic rings. The van der Waals surface area contributed by atoms with E-state index in [-0.39, 0.29) is 5.78 Å². The van der Waals surface area contributed by atoms with E-state index in [4.69, 9.17) is 0 Å².